The fraction of sp³-hybridized carbons (Fsp3) is 0.273. The smallest absolute Gasteiger partial charge is 0.247 e. The molecule has 1 atom stereocenters. The van der Waals surface area contributed by atoms with Crippen LogP contribution in [0.5, 0.6) is 11.6 Å². The Kier molecular flexibility index (Phi) is 6.51. The van der Waals surface area contributed by atoms with Crippen molar-refractivity contribution < 1.29 is 19.4 Å². The first kappa shape index (κ1) is 20.9. The number of anilines is 1. The predicted molar refractivity (Wildman–Crippen MR) is 115 cm³/mol. The zero-order valence-corrected chi connectivity index (χ0v) is 17.7. The number of aliphatic carboxylic acids is 1. The largest absolute Gasteiger partial charge is 0.546 e. The monoisotopic (exact) mass is 437 g/mol. The molecule has 2 aromatic carbocycles. The third-order valence-electron chi connectivity index (χ3n) is 4.60. The van der Waals surface area contributed by atoms with Crippen LogP contribution in [-0.4, -0.2) is 33.5 Å². The van der Waals surface area contributed by atoms with E-state index < -0.39 is 18.8 Å². The van der Waals surface area contributed by atoms with Gasteiger partial charge in [-0.15, -0.1) is 10.2 Å². The molecule has 0 amide bonds. The molecule has 0 spiro atoms. The third-order valence-corrected chi connectivity index (χ3v) is 5.53. The summed E-state index contributed by atoms with van der Waals surface area (Å²) in [5, 5.41) is 23.2. The van der Waals surface area contributed by atoms with Gasteiger partial charge in [0.2, 0.25) is 11.0 Å². The summed E-state index contributed by atoms with van der Waals surface area (Å²) in [6, 6.07) is 14.7. The number of unbranched alkanes of at least 4 members (excludes halogenated alkanes) is 1. The molecule has 1 aliphatic rings. The molecule has 0 bridgehead atoms. The molecule has 8 nitrogen and oxygen atoms in total. The summed E-state index contributed by atoms with van der Waals surface area (Å²) in [6.45, 7) is 1.64. The van der Waals surface area contributed by atoms with Crippen molar-refractivity contribution >= 4 is 23.4 Å². The van der Waals surface area contributed by atoms with Crippen LogP contribution < -0.4 is 19.9 Å². The molecule has 0 unspecified atom stereocenters. The van der Waals surface area contributed by atoms with Crippen LogP contribution in [0.4, 0.5) is 5.69 Å². The van der Waals surface area contributed by atoms with Crippen molar-refractivity contribution in [2.24, 2.45) is 0 Å². The van der Waals surface area contributed by atoms with E-state index in [1.54, 1.807) is 36.0 Å². The Hall–Kier alpha value is -3.33. The number of carbonyl (C=O) groups excluding carboxylic acids is 1. The number of carbonyl (C=O) groups is 1. The van der Waals surface area contributed by atoms with E-state index in [2.05, 4.69) is 27.4 Å². The van der Waals surface area contributed by atoms with Crippen LogP contribution in [0.3, 0.4) is 0 Å². The lowest BCUT2D eigenvalue weighted by atomic mass is 10.1. The molecule has 0 fully saturated rings. The van der Waals surface area contributed by atoms with E-state index in [1.165, 1.54) is 0 Å². The van der Waals surface area contributed by atoms with Crippen molar-refractivity contribution in [1.82, 2.24) is 15.2 Å². The molecule has 0 aliphatic carbocycles. The van der Waals surface area contributed by atoms with Crippen LogP contribution in [0.25, 0.3) is 11.3 Å². The van der Waals surface area contributed by atoms with E-state index in [9.17, 15) is 9.90 Å². The van der Waals surface area contributed by atoms with Crippen molar-refractivity contribution in [3.63, 3.8) is 0 Å². The number of para-hydroxylation sites is 1. The summed E-state index contributed by atoms with van der Waals surface area (Å²) < 4.78 is 11.4. The van der Waals surface area contributed by atoms with Crippen molar-refractivity contribution in [2.75, 3.05) is 17.7 Å². The van der Waals surface area contributed by atoms with Crippen molar-refractivity contribution in [3.05, 3.63) is 54.1 Å². The minimum absolute atomic E-state index is 0.411. The highest BCUT2D eigenvalue weighted by Crippen LogP contribution is 2.39. The molecule has 2 heterocycles. The molecule has 3 aromatic rings. The number of ether oxygens (including phenoxy) is 2. The Morgan fingerprint density at radius 3 is 2.77 bits per heavy atom. The highest BCUT2D eigenvalue weighted by atomic mass is 32.2. The molecule has 1 N–H and O–H groups in total. The molecule has 0 radical (unpaired) electrons. The average molecular weight is 438 g/mol. The molecule has 0 saturated heterocycles. The maximum absolute atomic E-state index is 10.6. The second kappa shape index (κ2) is 9.65. The Bertz CT molecular complexity index is 1060. The number of aromatic nitrogens is 3. The van der Waals surface area contributed by atoms with Crippen LogP contribution in [-0.2, 0) is 4.79 Å². The number of thioether (sulfide) groups is 1. The van der Waals surface area contributed by atoms with Crippen LogP contribution in [0.2, 0.25) is 0 Å². The van der Waals surface area contributed by atoms with E-state index in [4.69, 9.17) is 9.47 Å². The lowest BCUT2D eigenvalue weighted by Gasteiger charge is -2.19. The van der Waals surface area contributed by atoms with E-state index in [1.807, 2.05) is 24.3 Å². The Morgan fingerprint density at radius 2 is 2.00 bits per heavy atom. The first-order valence-corrected chi connectivity index (χ1v) is 11.0. The van der Waals surface area contributed by atoms with Crippen molar-refractivity contribution in [1.29, 1.82) is 0 Å². The van der Waals surface area contributed by atoms with E-state index in [0.29, 0.717) is 22.5 Å². The molecule has 1 aliphatic heterocycles. The fourth-order valence-corrected chi connectivity index (χ4v) is 3.91. The molecule has 0 saturated carbocycles. The van der Waals surface area contributed by atoms with Gasteiger partial charge >= 0.3 is 0 Å². The van der Waals surface area contributed by atoms with Gasteiger partial charge in [0.15, 0.2) is 11.9 Å². The van der Waals surface area contributed by atoms with Gasteiger partial charge in [0.1, 0.15) is 12.4 Å². The number of benzene rings is 2. The predicted octanol–water partition coefficient (Wildman–Crippen LogP) is 3.06. The minimum atomic E-state index is -1.27. The first-order chi connectivity index (χ1) is 15.1. The Morgan fingerprint density at radius 1 is 1.19 bits per heavy atom. The highest BCUT2D eigenvalue weighted by Gasteiger charge is 2.26. The molecular formula is C22H21N4O4S-. The number of fused-ring (bicyclic) bond motifs is 3. The number of nitrogens with one attached hydrogen (secondary N) is 1. The summed E-state index contributed by atoms with van der Waals surface area (Å²) in [7, 11) is 0. The summed E-state index contributed by atoms with van der Waals surface area (Å²) in [5.74, 6) is 0.489. The quantitative estimate of drug-likeness (QED) is 0.420. The topological polar surface area (TPSA) is 109 Å². The SMILES string of the molecule is CCCCSc1nnc2c(n1)O[C@@H](c1ccc(OCC(=O)[O-])cc1)Nc1ccccc1-2. The van der Waals surface area contributed by atoms with Crippen LogP contribution in [0.15, 0.2) is 53.7 Å². The molecule has 4 rings (SSSR count). The summed E-state index contributed by atoms with van der Waals surface area (Å²) in [5.41, 5.74) is 3.12. The summed E-state index contributed by atoms with van der Waals surface area (Å²) in [4.78, 5) is 15.2. The maximum atomic E-state index is 10.6. The van der Waals surface area contributed by atoms with E-state index in [-0.39, 0.29) is 0 Å². The van der Waals surface area contributed by atoms with Gasteiger partial charge in [-0.25, -0.2) is 0 Å². The van der Waals surface area contributed by atoms with Crippen molar-refractivity contribution in [3.8, 4) is 22.9 Å². The molecule has 31 heavy (non-hydrogen) atoms. The second-order valence-corrected chi connectivity index (χ2v) is 7.93. The molecule has 1 aromatic heterocycles. The maximum Gasteiger partial charge on any atom is 0.247 e. The van der Waals surface area contributed by atoms with Crippen molar-refractivity contribution in [2.45, 2.75) is 31.1 Å². The number of nitrogens with zero attached hydrogens (tertiary/aromatic N) is 3. The highest BCUT2D eigenvalue weighted by molar-refractivity contribution is 7.99. The van der Waals surface area contributed by atoms with E-state index in [0.717, 1.165) is 35.4 Å². The average Bonchev–Trinajstić information content (AvgIpc) is 2.95. The zero-order chi connectivity index (χ0) is 21.6. The van der Waals surface area contributed by atoms with Gasteiger partial charge in [0, 0.05) is 22.6 Å². The number of hydrogen-bond donors (Lipinski definition) is 1. The molecule has 160 valence electrons. The van der Waals surface area contributed by atoms with Gasteiger partial charge in [-0.1, -0.05) is 43.3 Å². The number of carboxylic acid groups (broad SMARTS) is 1. The zero-order valence-electron chi connectivity index (χ0n) is 16.9. The lowest BCUT2D eigenvalue weighted by Crippen LogP contribution is -2.28. The minimum Gasteiger partial charge on any atom is -0.546 e. The van der Waals surface area contributed by atoms with Gasteiger partial charge < -0.3 is 24.7 Å². The van der Waals surface area contributed by atoms with E-state index >= 15 is 0 Å². The summed E-state index contributed by atoms with van der Waals surface area (Å²) in [6.07, 6.45) is 1.65. The van der Waals surface area contributed by atoms with Crippen LogP contribution >= 0.6 is 11.8 Å². The lowest BCUT2D eigenvalue weighted by molar-refractivity contribution is -0.307. The normalized spacial score (nSPS) is 14.4. The Balaban J connectivity index is 1.63. The number of rotatable bonds is 8. The Labute approximate surface area is 184 Å². The van der Waals surface area contributed by atoms with Gasteiger partial charge in [-0.2, -0.15) is 4.98 Å². The van der Waals surface area contributed by atoms with Gasteiger partial charge in [-0.05, 0) is 36.8 Å². The molecular weight excluding hydrogens is 416 g/mol. The number of hydrogen-bond acceptors (Lipinski definition) is 9. The number of carboxylic acids is 1. The van der Waals surface area contributed by atoms with Gasteiger partial charge in [0.05, 0.1) is 5.97 Å². The first-order valence-electron chi connectivity index (χ1n) is 9.96. The standard InChI is InChI=1S/C22H22N4O4S/c1-2-3-12-31-22-24-21-19(25-26-22)16-6-4-5-7-17(16)23-20(30-21)14-8-10-15(11-9-14)29-13-18(27)28/h4-11,20,23H,2-3,12-13H2,1H3,(H,27,28)/p-1/t20-/m0/s1. The van der Waals surface area contributed by atoms with Gasteiger partial charge in [-0.3, -0.25) is 0 Å². The van der Waals surface area contributed by atoms with Gasteiger partial charge in [0.25, 0.3) is 0 Å². The second-order valence-electron chi connectivity index (χ2n) is 6.87. The fourth-order valence-electron chi connectivity index (χ4n) is 3.05. The third kappa shape index (κ3) is 5.05. The van der Waals surface area contributed by atoms with Crippen LogP contribution in [0.1, 0.15) is 31.6 Å². The molecule has 9 heteroatoms. The summed E-state index contributed by atoms with van der Waals surface area (Å²) >= 11 is 1.56. The van der Waals surface area contributed by atoms with Crippen LogP contribution in [0, 0.1) is 0 Å².